The van der Waals surface area contributed by atoms with Crippen LogP contribution in [0.2, 0.25) is 5.02 Å². The molecule has 0 saturated heterocycles. The van der Waals surface area contributed by atoms with E-state index in [1.165, 1.54) is 24.1 Å². The fourth-order valence-corrected chi connectivity index (χ4v) is 2.24. The fraction of sp³-hybridized carbons (Fsp3) is 0.133. The summed E-state index contributed by atoms with van der Waals surface area (Å²) in [6.45, 7) is -0.402. The molecule has 0 heterocycles. The maximum Gasteiger partial charge on any atom is 0.294 e. The van der Waals surface area contributed by atoms with Crippen LogP contribution in [0.4, 0.5) is 30.2 Å². The summed E-state index contributed by atoms with van der Waals surface area (Å²) < 4.78 is 39.6. The Balaban J connectivity index is 2.16. The molecule has 1 N–H and O–H groups in total. The van der Waals surface area contributed by atoms with Gasteiger partial charge in [-0.3, -0.25) is 14.9 Å². The zero-order valence-electron chi connectivity index (χ0n) is 12.7. The number of hydrogen-bond donors (Lipinski definition) is 1. The molecule has 0 aliphatic heterocycles. The molecular weight excluding hydrogens is 363 g/mol. The van der Waals surface area contributed by atoms with Gasteiger partial charge in [-0.15, -0.1) is 0 Å². The Labute approximate surface area is 145 Å². The van der Waals surface area contributed by atoms with Gasteiger partial charge in [0, 0.05) is 18.1 Å². The molecule has 0 atom stereocenters. The predicted octanol–water partition coefficient (Wildman–Crippen LogP) is 3.74. The van der Waals surface area contributed by atoms with Crippen LogP contribution in [0, 0.1) is 27.6 Å². The molecule has 25 heavy (non-hydrogen) atoms. The standard InChI is InChI=1S/C15H11ClF3N3O3/c1-21(11-5-2-8(16)6-12(11)22(24)25)7-13(23)20-10-4-3-9(17)14(18)15(10)19/h2-6H,7H2,1H3,(H,20,23). The normalized spacial score (nSPS) is 10.4. The summed E-state index contributed by atoms with van der Waals surface area (Å²) in [4.78, 5) is 23.6. The monoisotopic (exact) mass is 373 g/mol. The molecule has 2 aromatic carbocycles. The number of anilines is 2. The van der Waals surface area contributed by atoms with Crippen LogP contribution in [0.15, 0.2) is 30.3 Å². The van der Waals surface area contributed by atoms with Crippen molar-refractivity contribution in [3.63, 3.8) is 0 Å². The van der Waals surface area contributed by atoms with E-state index in [2.05, 4.69) is 5.32 Å². The van der Waals surface area contributed by atoms with Gasteiger partial charge < -0.3 is 10.2 Å². The first kappa shape index (κ1) is 18.5. The maximum absolute atomic E-state index is 13.6. The van der Waals surface area contributed by atoms with Gasteiger partial charge in [-0.2, -0.15) is 0 Å². The number of amides is 1. The number of carbonyl (C=O) groups excluding carboxylic acids is 1. The largest absolute Gasteiger partial charge is 0.360 e. The van der Waals surface area contributed by atoms with Crippen molar-refractivity contribution in [2.75, 3.05) is 23.8 Å². The van der Waals surface area contributed by atoms with Gasteiger partial charge in [-0.1, -0.05) is 11.6 Å². The molecule has 0 radical (unpaired) electrons. The van der Waals surface area contributed by atoms with Gasteiger partial charge in [0.2, 0.25) is 5.91 Å². The number of likely N-dealkylation sites (N-methyl/N-ethyl adjacent to an activating group) is 1. The SMILES string of the molecule is CN(CC(=O)Nc1ccc(F)c(F)c1F)c1ccc(Cl)cc1[N+](=O)[O-]. The van der Waals surface area contributed by atoms with E-state index in [4.69, 9.17) is 11.6 Å². The number of nitro benzene ring substituents is 1. The van der Waals surface area contributed by atoms with Gasteiger partial charge in [0.25, 0.3) is 5.69 Å². The summed E-state index contributed by atoms with van der Waals surface area (Å²) in [6.07, 6.45) is 0. The fourth-order valence-electron chi connectivity index (χ4n) is 2.08. The number of nitro groups is 1. The van der Waals surface area contributed by atoms with Crippen molar-refractivity contribution in [2.24, 2.45) is 0 Å². The summed E-state index contributed by atoms with van der Waals surface area (Å²) in [5, 5.41) is 13.3. The molecule has 2 aromatic rings. The van der Waals surface area contributed by atoms with Gasteiger partial charge >= 0.3 is 0 Å². The first-order valence-electron chi connectivity index (χ1n) is 6.79. The minimum absolute atomic E-state index is 0.107. The van der Waals surface area contributed by atoms with E-state index >= 15 is 0 Å². The van der Waals surface area contributed by atoms with Gasteiger partial charge in [-0.05, 0) is 24.3 Å². The molecule has 0 saturated carbocycles. The van der Waals surface area contributed by atoms with Crippen LogP contribution in [0.3, 0.4) is 0 Å². The Bertz CT molecular complexity index is 848. The minimum Gasteiger partial charge on any atom is -0.360 e. The Morgan fingerprint density at radius 2 is 1.92 bits per heavy atom. The van der Waals surface area contributed by atoms with Crippen molar-refractivity contribution in [3.05, 3.63) is 62.9 Å². The number of halogens is 4. The summed E-state index contributed by atoms with van der Waals surface area (Å²) in [7, 11) is 1.40. The number of nitrogens with one attached hydrogen (secondary N) is 1. The quantitative estimate of drug-likeness (QED) is 0.492. The lowest BCUT2D eigenvalue weighted by Gasteiger charge is -2.19. The van der Waals surface area contributed by atoms with Crippen LogP contribution in [0.25, 0.3) is 0 Å². The third kappa shape index (κ3) is 4.18. The molecular formula is C15H11ClF3N3O3. The molecule has 132 valence electrons. The average molecular weight is 374 g/mol. The lowest BCUT2D eigenvalue weighted by molar-refractivity contribution is -0.384. The lowest BCUT2D eigenvalue weighted by atomic mass is 10.2. The molecule has 0 spiro atoms. The third-order valence-corrected chi connectivity index (χ3v) is 3.47. The van der Waals surface area contributed by atoms with Crippen LogP contribution in [-0.2, 0) is 4.79 Å². The van der Waals surface area contributed by atoms with Crippen molar-refractivity contribution in [3.8, 4) is 0 Å². The van der Waals surface area contributed by atoms with Crippen LogP contribution in [-0.4, -0.2) is 24.4 Å². The van der Waals surface area contributed by atoms with Crippen LogP contribution < -0.4 is 10.2 Å². The highest BCUT2D eigenvalue weighted by Gasteiger charge is 2.20. The molecule has 0 bridgehead atoms. The maximum atomic E-state index is 13.6. The van der Waals surface area contributed by atoms with E-state index in [1.807, 2.05) is 0 Å². The predicted molar refractivity (Wildman–Crippen MR) is 86.3 cm³/mol. The van der Waals surface area contributed by atoms with Crippen molar-refractivity contribution in [2.45, 2.75) is 0 Å². The second-order valence-corrected chi connectivity index (χ2v) is 5.45. The molecule has 0 unspecified atom stereocenters. The van der Waals surface area contributed by atoms with Crippen molar-refractivity contribution in [1.29, 1.82) is 0 Å². The summed E-state index contributed by atoms with van der Waals surface area (Å²) in [6, 6.07) is 5.43. The Hall–Kier alpha value is -2.81. The van der Waals surface area contributed by atoms with Crippen LogP contribution in [0.1, 0.15) is 0 Å². The van der Waals surface area contributed by atoms with Crippen molar-refractivity contribution < 1.29 is 22.9 Å². The van der Waals surface area contributed by atoms with Crippen molar-refractivity contribution in [1.82, 2.24) is 0 Å². The van der Waals surface area contributed by atoms with E-state index in [0.29, 0.717) is 6.07 Å². The van der Waals surface area contributed by atoms with Gasteiger partial charge in [0.05, 0.1) is 17.2 Å². The van der Waals surface area contributed by atoms with Gasteiger partial charge in [0.15, 0.2) is 17.5 Å². The topological polar surface area (TPSA) is 75.5 Å². The summed E-state index contributed by atoms with van der Waals surface area (Å²) in [5.41, 5.74) is -0.750. The molecule has 0 aliphatic carbocycles. The highest BCUT2D eigenvalue weighted by atomic mass is 35.5. The van der Waals surface area contributed by atoms with Crippen LogP contribution >= 0.6 is 11.6 Å². The zero-order valence-corrected chi connectivity index (χ0v) is 13.5. The summed E-state index contributed by atoms with van der Waals surface area (Å²) in [5.74, 6) is -5.41. The van der Waals surface area contributed by atoms with Gasteiger partial charge in [0.1, 0.15) is 5.69 Å². The second kappa shape index (κ2) is 7.39. The third-order valence-electron chi connectivity index (χ3n) is 3.24. The van der Waals surface area contributed by atoms with Gasteiger partial charge in [-0.25, -0.2) is 13.2 Å². The molecule has 0 aromatic heterocycles. The van der Waals surface area contributed by atoms with Crippen LogP contribution in [0.5, 0.6) is 0 Å². The molecule has 0 aliphatic rings. The molecule has 10 heteroatoms. The number of hydrogen-bond acceptors (Lipinski definition) is 4. The van der Waals surface area contributed by atoms with E-state index < -0.39 is 40.5 Å². The Kier molecular flexibility index (Phi) is 5.48. The Morgan fingerprint density at radius 1 is 1.24 bits per heavy atom. The molecule has 2 rings (SSSR count). The first-order valence-corrected chi connectivity index (χ1v) is 7.17. The second-order valence-electron chi connectivity index (χ2n) is 5.02. The molecule has 1 amide bonds. The molecule has 0 fully saturated rings. The van der Waals surface area contributed by atoms with E-state index in [1.54, 1.807) is 0 Å². The zero-order chi connectivity index (χ0) is 18.7. The number of benzene rings is 2. The van der Waals surface area contributed by atoms with E-state index in [9.17, 15) is 28.1 Å². The highest BCUT2D eigenvalue weighted by molar-refractivity contribution is 6.30. The Morgan fingerprint density at radius 3 is 2.56 bits per heavy atom. The summed E-state index contributed by atoms with van der Waals surface area (Å²) >= 11 is 5.71. The lowest BCUT2D eigenvalue weighted by Crippen LogP contribution is -2.30. The number of rotatable bonds is 5. The minimum atomic E-state index is -1.71. The number of carbonyl (C=O) groups is 1. The smallest absolute Gasteiger partial charge is 0.294 e. The van der Waals surface area contributed by atoms with E-state index in [0.717, 1.165) is 12.1 Å². The first-order chi connectivity index (χ1) is 11.7. The average Bonchev–Trinajstić information content (AvgIpc) is 2.55. The van der Waals surface area contributed by atoms with Crippen molar-refractivity contribution >= 4 is 34.6 Å². The highest BCUT2D eigenvalue weighted by Crippen LogP contribution is 2.30. The number of nitrogens with zero attached hydrogens (tertiary/aromatic N) is 2. The molecule has 6 nitrogen and oxygen atoms in total. The van der Waals surface area contributed by atoms with E-state index in [-0.39, 0.29) is 16.4 Å².